The lowest BCUT2D eigenvalue weighted by molar-refractivity contribution is -0.142. The third-order valence-electron chi connectivity index (χ3n) is 4.13. The van der Waals surface area contributed by atoms with Gasteiger partial charge in [0.15, 0.2) is 0 Å². The summed E-state index contributed by atoms with van der Waals surface area (Å²) in [5.74, 6) is 0.0224. The molecule has 0 aliphatic carbocycles. The lowest BCUT2D eigenvalue weighted by atomic mass is 9.74. The van der Waals surface area contributed by atoms with E-state index in [2.05, 4.69) is 10.1 Å². The van der Waals surface area contributed by atoms with Crippen molar-refractivity contribution in [1.82, 2.24) is 10.2 Å². The molecule has 0 radical (unpaired) electrons. The van der Waals surface area contributed by atoms with E-state index >= 15 is 0 Å². The Morgan fingerprint density at radius 1 is 1.32 bits per heavy atom. The monoisotopic (exact) mass is 271 g/mol. The Bertz CT molecular complexity index is 361. The standard InChI is InChI=1S/C13H25N3O3/c1-12(2,13(3,4)14)10(17)16-7-6-9(8-16)15-11(18)19-5/h9H,6-8,14H2,1-5H3,(H,15,18). The Balaban J connectivity index is 2.65. The smallest absolute Gasteiger partial charge is 0.407 e. The minimum Gasteiger partial charge on any atom is -0.453 e. The van der Waals surface area contributed by atoms with E-state index in [9.17, 15) is 9.59 Å². The molecule has 0 aromatic rings. The van der Waals surface area contributed by atoms with E-state index in [0.717, 1.165) is 6.42 Å². The van der Waals surface area contributed by atoms with Crippen molar-refractivity contribution in [2.24, 2.45) is 11.1 Å². The summed E-state index contributed by atoms with van der Waals surface area (Å²) in [7, 11) is 1.33. The maximum absolute atomic E-state index is 12.5. The molecule has 1 saturated heterocycles. The van der Waals surface area contributed by atoms with Crippen LogP contribution in [0.1, 0.15) is 34.1 Å². The number of carbonyl (C=O) groups is 2. The lowest BCUT2D eigenvalue weighted by Crippen LogP contribution is -2.56. The van der Waals surface area contributed by atoms with Gasteiger partial charge in [-0.15, -0.1) is 0 Å². The minimum atomic E-state index is -0.646. The van der Waals surface area contributed by atoms with Crippen LogP contribution in [0.25, 0.3) is 0 Å². The highest BCUT2D eigenvalue weighted by Gasteiger charge is 2.44. The van der Waals surface area contributed by atoms with Gasteiger partial charge in [-0.05, 0) is 34.1 Å². The molecule has 2 amide bonds. The molecule has 6 heteroatoms. The van der Waals surface area contributed by atoms with Crippen molar-refractivity contribution >= 4 is 12.0 Å². The first kappa shape index (κ1) is 15.8. The molecule has 0 spiro atoms. The zero-order chi connectivity index (χ0) is 14.8. The SMILES string of the molecule is COC(=O)NC1CCN(C(=O)C(C)(C)C(C)(C)N)C1. The van der Waals surface area contributed by atoms with Gasteiger partial charge in [0, 0.05) is 18.6 Å². The Hall–Kier alpha value is -1.30. The number of likely N-dealkylation sites (tertiary alicyclic amines) is 1. The van der Waals surface area contributed by atoms with Gasteiger partial charge in [-0.3, -0.25) is 4.79 Å². The molecular formula is C13H25N3O3. The van der Waals surface area contributed by atoms with Crippen molar-refractivity contribution in [1.29, 1.82) is 0 Å². The Morgan fingerprint density at radius 2 is 1.89 bits per heavy atom. The van der Waals surface area contributed by atoms with Crippen LogP contribution >= 0.6 is 0 Å². The molecule has 1 heterocycles. The van der Waals surface area contributed by atoms with E-state index < -0.39 is 17.0 Å². The maximum Gasteiger partial charge on any atom is 0.407 e. The van der Waals surface area contributed by atoms with Gasteiger partial charge in [0.2, 0.25) is 5.91 Å². The minimum absolute atomic E-state index is 0.0224. The molecule has 19 heavy (non-hydrogen) atoms. The Labute approximate surface area is 114 Å². The van der Waals surface area contributed by atoms with Crippen LogP contribution in [-0.4, -0.2) is 48.7 Å². The molecule has 1 aliphatic heterocycles. The summed E-state index contributed by atoms with van der Waals surface area (Å²) in [6, 6.07) is -0.0481. The summed E-state index contributed by atoms with van der Waals surface area (Å²) < 4.78 is 4.56. The van der Waals surface area contributed by atoms with Crippen molar-refractivity contribution in [2.45, 2.75) is 45.7 Å². The first-order chi connectivity index (χ1) is 8.59. The average molecular weight is 271 g/mol. The zero-order valence-electron chi connectivity index (χ0n) is 12.4. The van der Waals surface area contributed by atoms with Gasteiger partial charge in [-0.1, -0.05) is 0 Å². The Morgan fingerprint density at radius 3 is 2.37 bits per heavy atom. The third-order valence-corrected chi connectivity index (χ3v) is 4.13. The molecule has 0 bridgehead atoms. The van der Waals surface area contributed by atoms with E-state index in [1.807, 2.05) is 27.7 Å². The average Bonchev–Trinajstić information content (AvgIpc) is 2.74. The van der Waals surface area contributed by atoms with Crippen molar-refractivity contribution in [3.63, 3.8) is 0 Å². The summed E-state index contributed by atoms with van der Waals surface area (Å²) in [5.41, 5.74) is 4.84. The van der Waals surface area contributed by atoms with Crippen molar-refractivity contribution < 1.29 is 14.3 Å². The van der Waals surface area contributed by atoms with Crippen LogP contribution in [0.3, 0.4) is 0 Å². The normalized spacial score (nSPS) is 20.3. The third kappa shape index (κ3) is 3.37. The van der Waals surface area contributed by atoms with E-state index in [1.165, 1.54) is 7.11 Å². The highest BCUT2D eigenvalue weighted by molar-refractivity contribution is 5.83. The number of rotatable bonds is 3. The highest BCUT2D eigenvalue weighted by atomic mass is 16.5. The molecule has 1 aliphatic rings. The van der Waals surface area contributed by atoms with Gasteiger partial charge >= 0.3 is 6.09 Å². The number of hydrogen-bond donors (Lipinski definition) is 2. The molecule has 1 atom stereocenters. The highest BCUT2D eigenvalue weighted by Crippen LogP contribution is 2.31. The fourth-order valence-corrected chi connectivity index (χ4v) is 1.96. The van der Waals surface area contributed by atoms with Gasteiger partial charge < -0.3 is 20.7 Å². The predicted octanol–water partition coefficient (Wildman–Crippen LogP) is 0.707. The maximum atomic E-state index is 12.5. The largest absolute Gasteiger partial charge is 0.453 e. The number of hydrogen-bond acceptors (Lipinski definition) is 4. The second-order valence-electron chi connectivity index (χ2n) is 6.22. The second kappa shape index (κ2) is 5.36. The zero-order valence-corrected chi connectivity index (χ0v) is 12.4. The lowest BCUT2D eigenvalue weighted by Gasteiger charge is -2.39. The van der Waals surface area contributed by atoms with Crippen molar-refractivity contribution in [3.05, 3.63) is 0 Å². The summed E-state index contributed by atoms with van der Waals surface area (Å²) in [4.78, 5) is 25.4. The van der Waals surface area contributed by atoms with Gasteiger partial charge in [0.1, 0.15) is 0 Å². The van der Waals surface area contributed by atoms with Crippen LogP contribution in [-0.2, 0) is 9.53 Å². The summed E-state index contributed by atoms with van der Waals surface area (Å²) in [6.07, 6.45) is 0.278. The molecule has 1 fully saturated rings. The van der Waals surface area contributed by atoms with Crippen LogP contribution in [0.4, 0.5) is 4.79 Å². The van der Waals surface area contributed by atoms with Crippen molar-refractivity contribution in [2.75, 3.05) is 20.2 Å². The second-order valence-corrected chi connectivity index (χ2v) is 6.22. The Kier molecular flexibility index (Phi) is 4.45. The predicted molar refractivity (Wildman–Crippen MR) is 72.6 cm³/mol. The number of nitrogens with zero attached hydrogens (tertiary/aromatic N) is 1. The van der Waals surface area contributed by atoms with Gasteiger partial charge in [0.05, 0.1) is 18.6 Å². The fourth-order valence-electron chi connectivity index (χ4n) is 1.96. The molecule has 1 rings (SSSR count). The summed E-state index contributed by atoms with van der Waals surface area (Å²) in [6.45, 7) is 8.56. The summed E-state index contributed by atoms with van der Waals surface area (Å²) in [5, 5.41) is 2.72. The molecular weight excluding hydrogens is 246 g/mol. The van der Waals surface area contributed by atoms with Crippen LogP contribution < -0.4 is 11.1 Å². The van der Waals surface area contributed by atoms with Gasteiger partial charge in [0.25, 0.3) is 0 Å². The quantitative estimate of drug-likeness (QED) is 0.791. The van der Waals surface area contributed by atoms with Crippen molar-refractivity contribution in [3.8, 4) is 0 Å². The number of nitrogens with two attached hydrogens (primary N) is 1. The van der Waals surface area contributed by atoms with E-state index in [-0.39, 0.29) is 11.9 Å². The molecule has 0 saturated carbocycles. The topological polar surface area (TPSA) is 84.7 Å². The molecule has 0 aromatic carbocycles. The molecule has 6 nitrogen and oxygen atoms in total. The molecule has 1 unspecified atom stereocenters. The molecule has 110 valence electrons. The van der Waals surface area contributed by atoms with E-state index in [4.69, 9.17) is 5.73 Å². The number of ether oxygens (including phenoxy) is 1. The van der Waals surface area contributed by atoms with E-state index in [1.54, 1.807) is 4.90 Å². The molecule has 3 N–H and O–H groups in total. The first-order valence-corrected chi connectivity index (χ1v) is 6.52. The summed E-state index contributed by atoms with van der Waals surface area (Å²) >= 11 is 0. The van der Waals surface area contributed by atoms with Gasteiger partial charge in [-0.25, -0.2) is 4.79 Å². The van der Waals surface area contributed by atoms with Crippen LogP contribution in [0.2, 0.25) is 0 Å². The number of methoxy groups -OCH3 is 1. The number of carbonyl (C=O) groups excluding carboxylic acids is 2. The number of amides is 2. The number of nitrogens with one attached hydrogen (secondary N) is 1. The molecule has 0 aromatic heterocycles. The first-order valence-electron chi connectivity index (χ1n) is 6.52. The van der Waals surface area contributed by atoms with E-state index in [0.29, 0.717) is 13.1 Å². The van der Waals surface area contributed by atoms with Gasteiger partial charge in [-0.2, -0.15) is 0 Å². The number of alkyl carbamates (subject to hydrolysis) is 1. The fraction of sp³-hybridized carbons (Fsp3) is 0.846. The van der Waals surface area contributed by atoms with Crippen LogP contribution in [0, 0.1) is 5.41 Å². The van der Waals surface area contributed by atoms with Crippen LogP contribution in [0.5, 0.6) is 0 Å². The van der Waals surface area contributed by atoms with Crippen LogP contribution in [0.15, 0.2) is 0 Å².